The van der Waals surface area contributed by atoms with Gasteiger partial charge >= 0.3 is 0 Å². The molecule has 1 saturated carbocycles. The second kappa shape index (κ2) is 6.33. The first-order valence-corrected chi connectivity index (χ1v) is 6.46. The number of hydrogen-bond donors (Lipinski definition) is 2. The Hall–Kier alpha value is -2.15. The first-order valence-electron chi connectivity index (χ1n) is 6.46. The second-order valence-corrected chi connectivity index (χ2v) is 4.63. The molecule has 0 aromatic heterocycles. The van der Waals surface area contributed by atoms with Crippen LogP contribution in [0.5, 0.6) is 5.75 Å². The Bertz CT molecular complexity index is 514. The van der Waals surface area contributed by atoms with Crippen LogP contribution >= 0.6 is 0 Å². The molecule has 0 saturated heterocycles. The van der Waals surface area contributed by atoms with E-state index in [0.29, 0.717) is 24.7 Å². The molecule has 1 aliphatic rings. The van der Waals surface area contributed by atoms with Crippen molar-refractivity contribution >= 4 is 11.6 Å². The summed E-state index contributed by atoms with van der Waals surface area (Å²) in [5.74, 6) is -0.0961. The topological polar surface area (TPSA) is 93.5 Å². The molecule has 7 heteroatoms. The van der Waals surface area contributed by atoms with Crippen LogP contribution in [-0.2, 0) is 0 Å². The maximum Gasteiger partial charge on any atom is 0.273 e. The van der Waals surface area contributed by atoms with E-state index < -0.39 is 4.92 Å². The molecular weight excluding hydrogens is 262 g/mol. The van der Waals surface area contributed by atoms with Crippen molar-refractivity contribution in [3.8, 4) is 5.75 Å². The number of non-ortho nitro benzene ring substituents is 1. The van der Waals surface area contributed by atoms with Gasteiger partial charge in [0.05, 0.1) is 23.7 Å². The van der Waals surface area contributed by atoms with Crippen LogP contribution in [0.1, 0.15) is 23.2 Å². The van der Waals surface area contributed by atoms with E-state index in [0.717, 1.165) is 0 Å². The van der Waals surface area contributed by atoms with Crippen molar-refractivity contribution in [2.24, 2.45) is 0 Å². The highest BCUT2D eigenvalue weighted by Crippen LogP contribution is 2.24. The van der Waals surface area contributed by atoms with Crippen molar-refractivity contribution in [2.75, 3.05) is 20.2 Å². The summed E-state index contributed by atoms with van der Waals surface area (Å²) in [6, 6.07) is 4.54. The third kappa shape index (κ3) is 3.67. The Balaban J connectivity index is 1.94. The van der Waals surface area contributed by atoms with Crippen molar-refractivity contribution in [3.63, 3.8) is 0 Å². The van der Waals surface area contributed by atoms with E-state index in [1.54, 1.807) is 0 Å². The number of amides is 1. The number of nitrogens with one attached hydrogen (secondary N) is 2. The van der Waals surface area contributed by atoms with E-state index in [9.17, 15) is 14.9 Å². The maximum absolute atomic E-state index is 12.0. The van der Waals surface area contributed by atoms with Crippen LogP contribution in [0.2, 0.25) is 0 Å². The number of carbonyl (C=O) groups excluding carboxylic acids is 1. The number of hydrogen-bond acceptors (Lipinski definition) is 5. The van der Waals surface area contributed by atoms with Crippen LogP contribution < -0.4 is 15.4 Å². The summed E-state index contributed by atoms with van der Waals surface area (Å²) in [5.41, 5.74) is 0.193. The number of rotatable bonds is 7. The summed E-state index contributed by atoms with van der Waals surface area (Å²) in [6.45, 7) is 1.22. The van der Waals surface area contributed by atoms with E-state index >= 15 is 0 Å². The molecule has 0 aliphatic heterocycles. The molecule has 20 heavy (non-hydrogen) atoms. The van der Waals surface area contributed by atoms with Gasteiger partial charge in [0, 0.05) is 25.2 Å². The van der Waals surface area contributed by atoms with Gasteiger partial charge in [0.15, 0.2) is 0 Å². The van der Waals surface area contributed by atoms with Gasteiger partial charge in [-0.05, 0) is 18.9 Å². The minimum atomic E-state index is -0.524. The first kappa shape index (κ1) is 14.3. The standard InChI is InChI=1S/C13H17N3O4/c1-20-12-8-10(16(18)19)4-5-11(12)13(17)15-7-6-14-9-2-3-9/h4-5,8-9,14H,2-3,6-7H2,1H3,(H,15,17). The summed E-state index contributed by atoms with van der Waals surface area (Å²) >= 11 is 0. The van der Waals surface area contributed by atoms with E-state index in [1.165, 1.54) is 38.2 Å². The molecule has 2 rings (SSSR count). The molecule has 0 heterocycles. The Kier molecular flexibility index (Phi) is 4.52. The third-order valence-electron chi connectivity index (χ3n) is 3.06. The predicted molar refractivity (Wildman–Crippen MR) is 73.0 cm³/mol. The maximum atomic E-state index is 12.0. The van der Waals surface area contributed by atoms with E-state index in [4.69, 9.17) is 4.74 Å². The van der Waals surface area contributed by atoms with Crippen molar-refractivity contribution in [1.82, 2.24) is 10.6 Å². The minimum absolute atomic E-state index is 0.103. The second-order valence-electron chi connectivity index (χ2n) is 4.63. The highest BCUT2D eigenvalue weighted by Gasteiger charge is 2.20. The van der Waals surface area contributed by atoms with Crippen LogP contribution in [-0.4, -0.2) is 37.1 Å². The van der Waals surface area contributed by atoms with Gasteiger partial charge in [0.25, 0.3) is 11.6 Å². The minimum Gasteiger partial charge on any atom is -0.496 e. The number of benzene rings is 1. The number of ether oxygens (including phenoxy) is 1. The number of carbonyl (C=O) groups is 1. The SMILES string of the molecule is COc1cc([N+](=O)[O-])ccc1C(=O)NCCNC1CC1. The lowest BCUT2D eigenvalue weighted by atomic mass is 10.1. The normalized spacial score (nSPS) is 13.8. The van der Waals surface area contributed by atoms with Gasteiger partial charge in [-0.3, -0.25) is 14.9 Å². The lowest BCUT2D eigenvalue weighted by Crippen LogP contribution is -2.32. The molecule has 108 valence electrons. The lowest BCUT2D eigenvalue weighted by Gasteiger charge is -2.09. The molecule has 0 unspecified atom stereocenters. The molecule has 1 aromatic rings. The van der Waals surface area contributed by atoms with Gasteiger partial charge in [-0.25, -0.2) is 0 Å². The largest absolute Gasteiger partial charge is 0.496 e. The number of nitro benzene ring substituents is 1. The number of nitrogens with zero attached hydrogens (tertiary/aromatic N) is 1. The molecule has 0 atom stereocenters. The average molecular weight is 279 g/mol. The van der Waals surface area contributed by atoms with E-state index in [1.807, 2.05) is 0 Å². The van der Waals surface area contributed by atoms with E-state index in [-0.39, 0.29) is 17.3 Å². The molecule has 0 radical (unpaired) electrons. The van der Waals surface area contributed by atoms with Crippen molar-refractivity contribution in [1.29, 1.82) is 0 Å². The summed E-state index contributed by atoms with van der Waals surface area (Å²) in [6.07, 6.45) is 2.40. The fourth-order valence-electron chi connectivity index (χ4n) is 1.82. The summed E-state index contributed by atoms with van der Waals surface area (Å²) < 4.78 is 5.03. The summed E-state index contributed by atoms with van der Waals surface area (Å²) in [5, 5.41) is 16.7. The number of methoxy groups -OCH3 is 1. The van der Waals surface area contributed by atoms with Gasteiger partial charge in [-0.1, -0.05) is 0 Å². The van der Waals surface area contributed by atoms with Gasteiger partial charge < -0.3 is 15.4 Å². The van der Waals surface area contributed by atoms with Crippen LogP contribution in [0, 0.1) is 10.1 Å². The van der Waals surface area contributed by atoms with Crippen molar-refractivity contribution in [2.45, 2.75) is 18.9 Å². The fourth-order valence-corrected chi connectivity index (χ4v) is 1.82. The Morgan fingerprint density at radius 2 is 2.20 bits per heavy atom. The average Bonchev–Trinajstić information content (AvgIpc) is 3.26. The number of nitro groups is 1. The molecule has 1 fully saturated rings. The first-order chi connectivity index (χ1) is 9.61. The fraction of sp³-hybridized carbons (Fsp3) is 0.462. The highest BCUT2D eigenvalue weighted by molar-refractivity contribution is 5.97. The Labute approximate surface area is 116 Å². The summed E-state index contributed by atoms with van der Waals surface area (Å²) in [7, 11) is 1.38. The Morgan fingerprint density at radius 3 is 2.80 bits per heavy atom. The van der Waals surface area contributed by atoms with Crippen molar-refractivity contribution in [3.05, 3.63) is 33.9 Å². The van der Waals surface area contributed by atoms with Crippen LogP contribution in [0.25, 0.3) is 0 Å². The van der Waals surface area contributed by atoms with Crippen LogP contribution in [0.15, 0.2) is 18.2 Å². The lowest BCUT2D eigenvalue weighted by molar-refractivity contribution is -0.384. The zero-order chi connectivity index (χ0) is 14.5. The van der Waals surface area contributed by atoms with E-state index in [2.05, 4.69) is 10.6 Å². The quantitative estimate of drug-likeness (QED) is 0.442. The zero-order valence-electron chi connectivity index (χ0n) is 11.2. The molecule has 1 aromatic carbocycles. The predicted octanol–water partition coefficient (Wildman–Crippen LogP) is 1.09. The molecule has 0 bridgehead atoms. The van der Waals surface area contributed by atoms with Crippen LogP contribution in [0.3, 0.4) is 0 Å². The molecular formula is C13H17N3O4. The molecule has 2 N–H and O–H groups in total. The molecule has 1 aliphatic carbocycles. The third-order valence-corrected chi connectivity index (χ3v) is 3.06. The Morgan fingerprint density at radius 1 is 1.45 bits per heavy atom. The van der Waals surface area contributed by atoms with Gasteiger partial charge in [0.1, 0.15) is 5.75 Å². The van der Waals surface area contributed by atoms with Crippen molar-refractivity contribution < 1.29 is 14.5 Å². The van der Waals surface area contributed by atoms with Crippen LogP contribution in [0.4, 0.5) is 5.69 Å². The molecule has 0 spiro atoms. The highest BCUT2D eigenvalue weighted by atomic mass is 16.6. The molecule has 1 amide bonds. The summed E-state index contributed by atoms with van der Waals surface area (Å²) in [4.78, 5) is 22.1. The molecule has 7 nitrogen and oxygen atoms in total. The van der Waals surface area contributed by atoms with Gasteiger partial charge in [-0.2, -0.15) is 0 Å². The smallest absolute Gasteiger partial charge is 0.273 e. The van der Waals surface area contributed by atoms with Gasteiger partial charge in [0.2, 0.25) is 0 Å². The monoisotopic (exact) mass is 279 g/mol. The zero-order valence-corrected chi connectivity index (χ0v) is 11.2. The van der Waals surface area contributed by atoms with Gasteiger partial charge in [-0.15, -0.1) is 0 Å².